The average Bonchev–Trinajstić information content (AvgIpc) is 3.11. The molecule has 1 aromatic rings. The van der Waals surface area contributed by atoms with Crippen molar-refractivity contribution in [3.05, 3.63) is 23.3 Å². The second-order valence-corrected chi connectivity index (χ2v) is 9.73. The summed E-state index contributed by atoms with van der Waals surface area (Å²) in [6.45, 7) is 2.85. The normalized spacial score (nSPS) is 31.2. The molecule has 0 saturated carbocycles. The van der Waals surface area contributed by atoms with Crippen LogP contribution < -0.4 is 15.2 Å². The maximum Gasteiger partial charge on any atom is 0.231 e. The van der Waals surface area contributed by atoms with Gasteiger partial charge in [0.15, 0.2) is 11.5 Å². The van der Waals surface area contributed by atoms with Crippen molar-refractivity contribution in [2.45, 2.75) is 37.8 Å². The van der Waals surface area contributed by atoms with Crippen LogP contribution >= 0.6 is 0 Å². The van der Waals surface area contributed by atoms with Gasteiger partial charge in [-0.05, 0) is 54.9 Å². The minimum atomic E-state index is -3.37. The van der Waals surface area contributed by atoms with Crippen molar-refractivity contribution in [1.29, 1.82) is 0 Å². The summed E-state index contributed by atoms with van der Waals surface area (Å²) in [4.78, 5) is 2.53. The second-order valence-electron chi connectivity index (χ2n) is 7.76. The quantitative estimate of drug-likeness (QED) is 0.827. The third kappa shape index (κ3) is 2.54. The van der Waals surface area contributed by atoms with E-state index >= 15 is 0 Å². The summed E-state index contributed by atoms with van der Waals surface area (Å²) in [5, 5.41) is 0. The molecule has 0 radical (unpaired) electrons. The predicted molar refractivity (Wildman–Crippen MR) is 96.4 cm³/mol. The summed E-state index contributed by atoms with van der Waals surface area (Å²) in [6, 6.07) is 4.51. The maximum atomic E-state index is 12.5. The van der Waals surface area contributed by atoms with E-state index in [9.17, 15) is 8.42 Å². The first kappa shape index (κ1) is 16.8. The first-order chi connectivity index (χ1) is 12.6. The Morgan fingerprint density at radius 3 is 2.81 bits per heavy atom. The lowest BCUT2D eigenvalue weighted by atomic mass is 9.77. The number of hydrogen-bond donors (Lipinski definition) is 1. The van der Waals surface area contributed by atoms with Gasteiger partial charge in [-0.1, -0.05) is 0 Å². The van der Waals surface area contributed by atoms with E-state index in [1.807, 2.05) is 0 Å². The van der Waals surface area contributed by atoms with Crippen molar-refractivity contribution in [3.8, 4) is 11.5 Å². The van der Waals surface area contributed by atoms with Gasteiger partial charge in [-0.3, -0.25) is 4.90 Å². The lowest BCUT2D eigenvalue weighted by Gasteiger charge is -2.51. The summed E-state index contributed by atoms with van der Waals surface area (Å²) >= 11 is 0. The van der Waals surface area contributed by atoms with Crippen molar-refractivity contribution in [3.63, 3.8) is 0 Å². The fraction of sp³-hybridized carbons (Fsp3) is 0.667. The molecule has 5 rings (SSSR count). The van der Waals surface area contributed by atoms with Gasteiger partial charge in [0.2, 0.25) is 16.8 Å². The van der Waals surface area contributed by atoms with Crippen LogP contribution in [0.5, 0.6) is 11.5 Å². The van der Waals surface area contributed by atoms with Gasteiger partial charge in [0.1, 0.15) is 5.88 Å². The van der Waals surface area contributed by atoms with Crippen molar-refractivity contribution in [1.82, 2.24) is 9.21 Å². The Kier molecular flexibility index (Phi) is 3.93. The molecule has 0 spiro atoms. The lowest BCUT2D eigenvalue weighted by Crippen LogP contribution is -2.58. The Hall–Kier alpha value is -1.35. The highest BCUT2D eigenvalue weighted by Crippen LogP contribution is 2.46. The fourth-order valence-corrected chi connectivity index (χ4v) is 6.50. The van der Waals surface area contributed by atoms with Crippen LogP contribution in [0, 0.1) is 5.92 Å². The number of piperidine rings is 2. The van der Waals surface area contributed by atoms with Crippen LogP contribution in [0.4, 0.5) is 0 Å². The molecule has 0 aromatic heterocycles. The van der Waals surface area contributed by atoms with Gasteiger partial charge in [0.25, 0.3) is 0 Å². The highest BCUT2D eigenvalue weighted by atomic mass is 32.2. The SMILES string of the molecule is NCS(=O)(=O)N1CCC[C@@H]2CN3CCc4cc5c(cc4[C@@H]3C[C@@H]21)OCO5. The van der Waals surface area contributed by atoms with E-state index in [1.54, 1.807) is 4.31 Å². The molecule has 26 heavy (non-hydrogen) atoms. The number of ether oxygens (including phenoxy) is 2. The van der Waals surface area contributed by atoms with E-state index in [4.69, 9.17) is 15.2 Å². The molecule has 2 fully saturated rings. The van der Waals surface area contributed by atoms with E-state index in [0.717, 1.165) is 50.3 Å². The van der Waals surface area contributed by atoms with Crippen LogP contribution in [0.25, 0.3) is 0 Å². The molecule has 0 bridgehead atoms. The van der Waals surface area contributed by atoms with Crippen LogP contribution in [0.3, 0.4) is 0 Å². The minimum Gasteiger partial charge on any atom is -0.454 e. The van der Waals surface area contributed by atoms with Crippen LogP contribution in [0.1, 0.15) is 36.4 Å². The first-order valence-electron chi connectivity index (χ1n) is 9.43. The van der Waals surface area contributed by atoms with Crippen molar-refractivity contribution in [2.24, 2.45) is 11.7 Å². The zero-order valence-corrected chi connectivity index (χ0v) is 15.6. The molecular weight excluding hydrogens is 354 g/mol. The summed E-state index contributed by atoms with van der Waals surface area (Å²) in [5.41, 5.74) is 8.13. The summed E-state index contributed by atoms with van der Waals surface area (Å²) in [5.74, 6) is 1.73. The highest BCUT2D eigenvalue weighted by molar-refractivity contribution is 7.89. The number of hydrogen-bond acceptors (Lipinski definition) is 6. The van der Waals surface area contributed by atoms with Gasteiger partial charge in [-0.2, -0.15) is 4.31 Å². The van der Waals surface area contributed by atoms with Gasteiger partial charge in [0, 0.05) is 31.7 Å². The standard InChI is InChI=1S/C18H25N3O4S/c19-10-26(22,23)21-4-1-2-13-9-20-5-3-12-6-17-18(25-11-24-17)7-14(12)16(20)8-15(13)21/h6-7,13,15-16H,1-5,8-11,19H2/t13-,15+,16+/m1/s1. The van der Waals surface area contributed by atoms with E-state index < -0.39 is 10.0 Å². The van der Waals surface area contributed by atoms with E-state index in [-0.39, 0.29) is 24.8 Å². The number of nitrogens with two attached hydrogens (primary N) is 1. The largest absolute Gasteiger partial charge is 0.454 e. The van der Waals surface area contributed by atoms with Crippen molar-refractivity contribution in [2.75, 3.05) is 32.3 Å². The fourth-order valence-electron chi connectivity index (χ4n) is 5.23. The Morgan fingerprint density at radius 2 is 2.00 bits per heavy atom. The molecule has 4 aliphatic rings. The molecule has 1 aromatic carbocycles. The first-order valence-corrected chi connectivity index (χ1v) is 11.0. The molecule has 3 atom stereocenters. The summed E-state index contributed by atoms with van der Waals surface area (Å²) in [6.07, 6.45) is 3.86. The predicted octanol–water partition coefficient (Wildman–Crippen LogP) is 1.04. The molecule has 4 aliphatic heterocycles. The lowest BCUT2D eigenvalue weighted by molar-refractivity contribution is 0.0219. The van der Waals surface area contributed by atoms with Gasteiger partial charge in [-0.15, -0.1) is 0 Å². The number of fused-ring (bicyclic) bond motifs is 5. The van der Waals surface area contributed by atoms with Crippen LogP contribution in [0.2, 0.25) is 0 Å². The van der Waals surface area contributed by atoms with Gasteiger partial charge in [0.05, 0.1) is 0 Å². The van der Waals surface area contributed by atoms with E-state index in [2.05, 4.69) is 17.0 Å². The van der Waals surface area contributed by atoms with Gasteiger partial charge < -0.3 is 15.2 Å². The van der Waals surface area contributed by atoms with E-state index in [0.29, 0.717) is 12.5 Å². The molecule has 7 nitrogen and oxygen atoms in total. The maximum absolute atomic E-state index is 12.5. The van der Waals surface area contributed by atoms with Crippen LogP contribution in [-0.2, 0) is 16.4 Å². The molecular formula is C18H25N3O4S. The highest BCUT2D eigenvalue weighted by Gasteiger charge is 2.45. The molecule has 142 valence electrons. The summed E-state index contributed by atoms with van der Waals surface area (Å²) in [7, 11) is -3.37. The van der Waals surface area contributed by atoms with Gasteiger partial charge >= 0.3 is 0 Å². The molecule has 0 amide bonds. The third-order valence-corrected chi connectivity index (χ3v) is 8.06. The Morgan fingerprint density at radius 1 is 1.19 bits per heavy atom. The van der Waals surface area contributed by atoms with Crippen LogP contribution in [-0.4, -0.2) is 56.0 Å². The van der Waals surface area contributed by atoms with Crippen molar-refractivity contribution >= 4 is 10.0 Å². The van der Waals surface area contributed by atoms with E-state index in [1.165, 1.54) is 11.1 Å². The molecule has 0 aliphatic carbocycles. The zero-order chi connectivity index (χ0) is 17.9. The topological polar surface area (TPSA) is 85.1 Å². The number of benzene rings is 1. The molecule has 2 N–H and O–H groups in total. The van der Waals surface area contributed by atoms with Gasteiger partial charge in [-0.25, -0.2) is 8.42 Å². The molecule has 2 saturated heterocycles. The molecule has 4 heterocycles. The minimum absolute atomic E-state index is 0.0509. The number of sulfonamides is 1. The Balaban J connectivity index is 1.50. The average molecular weight is 379 g/mol. The zero-order valence-electron chi connectivity index (χ0n) is 14.8. The third-order valence-electron chi connectivity index (χ3n) is 6.47. The Bertz CT molecular complexity index is 828. The smallest absolute Gasteiger partial charge is 0.231 e. The summed E-state index contributed by atoms with van der Waals surface area (Å²) < 4.78 is 37.8. The number of nitrogens with zero attached hydrogens (tertiary/aromatic N) is 2. The molecule has 0 unspecified atom stereocenters. The van der Waals surface area contributed by atoms with Crippen molar-refractivity contribution < 1.29 is 17.9 Å². The molecule has 8 heteroatoms. The monoisotopic (exact) mass is 379 g/mol. The number of rotatable bonds is 2. The van der Waals surface area contributed by atoms with Crippen LogP contribution in [0.15, 0.2) is 12.1 Å². The Labute approximate surface area is 154 Å². The second kappa shape index (κ2) is 6.09.